The summed E-state index contributed by atoms with van der Waals surface area (Å²) in [5.41, 5.74) is 2.60. The Morgan fingerprint density at radius 3 is 2.57 bits per heavy atom. The molecule has 7 nitrogen and oxygen atoms in total. The Bertz CT molecular complexity index is 559. The van der Waals surface area contributed by atoms with Gasteiger partial charge in [-0.25, -0.2) is 0 Å². The van der Waals surface area contributed by atoms with Gasteiger partial charge in [0.25, 0.3) is 0 Å². The first kappa shape index (κ1) is 22.6. The van der Waals surface area contributed by atoms with E-state index < -0.39 is 0 Å². The van der Waals surface area contributed by atoms with Gasteiger partial charge in [0, 0.05) is 46.9 Å². The maximum atomic E-state index is 5.53. The van der Waals surface area contributed by atoms with E-state index in [4.69, 9.17) is 14.2 Å². The van der Waals surface area contributed by atoms with Crippen LogP contribution in [0.2, 0.25) is 0 Å². The SMILES string of the molecule is CN=C(NCCCOCCOC)NCC(c1ccc(C)cc1)N1CCOCC1. The van der Waals surface area contributed by atoms with E-state index in [1.165, 1.54) is 11.1 Å². The van der Waals surface area contributed by atoms with Crippen molar-refractivity contribution in [1.29, 1.82) is 0 Å². The minimum absolute atomic E-state index is 0.292. The van der Waals surface area contributed by atoms with Crippen LogP contribution in [-0.4, -0.2) is 84.2 Å². The number of hydrogen-bond donors (Lipinski definition) is 2. The van der Waals surface area contributed by atoms with Crippen LogP contribution in [0.25, 0.3) is 0 Å². The lowest BCUT2D eigenvalue weighted by Crippen LogP contribution is -2.46. The molecule has 28 heavy (non-hydrogen) atoms. The summed E-state index contributed by atoms with van der Waals surface area (Å²) in [4.78, 5) is 6.83. The lowest BCUT2D eigenvalue weighted by molar-refractivity contribution is 0.0170. The molecule has 2 rings (SSSR count). The summed E-state index contributed by atoms with van der Waals surface area (Å²) in [6.07, 6.45) is 0.926. The van der Waals surface area contributed by atoms with Crippen LogP contribution >= 0.6 is 0 Å². The number of aryl methyl sites for hydroxylation is 1. The average molecular weight is 393 g/mol. The van der Waals surface area contributed by atoms with Gasteiger partial charge in [0.15, 0.2) is 5.96 Å². The molecule has 0 aliphatic carbocycles. The first-order chi connectivity index (χ1) is 13.7. The maximum absolute atomic E-state index is 5.53. The van der Waals surface area contributed by atoms with E-state index in [1.807, 2.05) is 0 Å². The standard InChI is InChI=1S/C21H36N4O3/c1-18-5-7-19(8-6-18)20(25-10-13-28-14-11-25)17-24-21(22-2)23-9-4-12-27-16-15-26-3/h5-8,20H,4,9-17H2,1-3H3,(H2,22,23,24). The van der Waals surface area contributed by atoms with E-state index in [2.05, 4.69) is 51.7 Å². The van der Waals surface area contributed by atoms with Crippen molar-refractivity contribution in [2.45, 2.75) is 19.4 Å². The number of hydrogen-bond acceptors (Lipinski definition) is 5. The molecule has 1 saturated heterocycles. The summed E-state index contributed by atoms with van der Waals surface area (Å²) in [5.74, 6) is 0.822. The van der Waals surface area contributed by atoms with Crippen LogP contribution in [0.4, 0.5) is 0 Å². The van der Waals surface area contributed by atoms with E-state index >= 15 is 0 Å². The second-order valence-corrected chi connectivity index (χ2v) is 6.91. The van der Waals surface area contributed by atoms with Gasteiger partial charge in [-0.1, -0.05) is 29.8 Å². The quantitative estimate of drug-likeness (QED) is 0.339. The third kappa shape index (κ3) is 8.14. The molecule has 1 heterocycles. The summed E-state index contributed by atoms with van der Waals surface area (Å²) in [5, 5.41) is 6.85. The highest BCUT2D eigenvalue weighted by Gasteiger charge is 2.22. The second-order valence-electron chi connectivity index (χ2n) is 6.91. The molecule has 0 radical (unpaired) electrons. The highest BCUT2D eigenvalue weighted by atomic mass is 16.5. The summed E-state index contributed by atoms with van der Waals surface area (Å²) in [6.45, 7) is 9.21. The van der Waals surface area contributed by atoms with Crippen molar-refractivity contribution in [3.8, 4) is 0 Å². The number of ether oxygens (including phenoxy) is 3. The molecule has 2 N–H and O–H groups in total. The first-order valence-electron chi connectivity index (χ1n) is 10.1. The predicted molar refractivity (Wildman–Crippen MR) is 113 cm³/mol. The molecule has 158 valence electrons. The molecule has 0 amide bonds. The molecule has 1 fully saturated rings. The lowest BCUT2D eigenvalue weighted by Gasteiger charge is -2.35. The Morgan fingerprint density at radius 2 is 1.89 bits per heavy atom. The number of guanidine groups is 1. The summed E-state index contributed by atoms with van der Waals surface area (Å²) in [6, 6.07) is 9.11. The van der Waals surface area contributed by atoms with E-state index in [-0.39, 0.29) is 0 Å². The van der Waals surface area contributed by atoms with Crippen LogP contribution < -0.4 is 10.6 Å². The fourth-order valence-corrected chi connectivity index (χ4v) is 3.17. The van der Waals surface area contributed by atoms with Crippen LogP contribution in [0.15, 0.2) is 29.3 Å². The molecule has 0 bridgehead atoms. The van der Waals surface area contributed by atoms with Crippen molar-refractivity contribution in [3.63, 3.8) is 0 Å². The molecule has 1 atom stereocenters. The highest BCUT2D eigenvalue weighted by molar-refractivity contribution is 5.79. The number of rotatable bonds is 11. The van der Waals surface area contributed by atoms with Crippen LogP contribution in [0.5, 0.6) is 0 Å². The Kier molecular flexibility index (Phi) is 10.9. The van der Waals surface area contributed by atoms with Gasteiger partial charge in [0.2, 0.25) is 0 Å². The average Bonchev–Trinajstić information content (AvgIpc) is 2.73. The van der Waals surface area contributed by atoms with Crippen LogP contribution in [0, 0.1) is 6.92 Å². The van der Waals surface area contributed by atoms with Crippen molar-refractivity contribution in [1.82, 2.24) is 15.5 Å². The van der Waals surface area contributed by atoms with Gasteiger partial charge in [0.05, 0.1) is 32.5 Å². The minimum Gasteiger partial charge on any atom is -0.382 e. The van der Waals surface area contributed by atoms with E-state index in [9.17, 15) is 0 Å². The third-order valence-corrected chi connectivity index (χ3v) is 4.82. The third-order valence-electron chi connectivity index (χ3n) is 4.82. The Morgan fingerprint density at radius 1 is 1.14 bits per heavy atom. The molecule has 0 spiro atoms. The zero-order valence-corrected chi connectivity index (χ0v) is 17.6. The molecule has 1 aliphatic heterocycles. The van der Waals surface area contributed by atoms with E-state index in [0.717, 1.165) is 51.8 Å². The second kappa shape index (κ2) is 13.5. The fourth-order valence-electron chi connectivity index (χ4n) is 3.17. The maximum Gasteiger partial charge on any atom is 0.191 e. The normalized spacial score (nSPS) is 16.8. The molecular formula is C21H36N4O3. The minimum atomic E-state index is 0.292. The molecular weight excluding hydrogens is 356 g/mol. The Hall–Kier alpha value is -1.67. The van der Waals surface area contributed by atoms with Gasteiger partial charge in [-0.15, -0.1) is 0 Å². The molecule has 1 unspecified atom stereocenters. The van der Waals surface area contributed by atoms with Gasteiger partial charge in [0.1, 0.15) is 0 Å². The first-order valence-corrected chi connectivity index (χ1v) is 10.1. The summed E-state index contributed by atoms with van der Waals surface area (Å²) >= 11 is 0. The monoisotopic (exact) mass is 392 g/mol. The number of benzene rings is 1. The molecule has 7 heteroatoms. The molecule has 0 saturated carbocycles. The topological polar surface area (TPSA) is 67.4 Å². The highest BCUT2D eigenvalue weighted by Crippen LogP contribution is 2.21. The van der Waals surface area contributed by atoms with E-state index in [1.54, 1.807) is 14.2 Å². The van der Waals surface area contributed by atoms with Gasteiger partial charge in [-0.3, -0.25) is 9.89 Å². The zero-order valence-electron chi connectivity index (χ0n) is 17.6. The number of nitrogens with one attached hydrogen (secondary N) is 2. The number of nitrogens with zero attached hydrogens (tertiary/aromatic N) is 2. The largest absolute Gasteiger partial charge is 0.382 e. The Labute approximate surface area is 169 Å². The summed E-state index contributed by atoms with van der Waals surface area (Å²) < 4.78 is 16.0. The summed E-state index contributed by atoms with van der Waals surface area (Å²) in [7, 11) is 3.49. The van der Waals surface area contributed by atoms with Gasteiger partial charge in [-0.2, -0.15) is 0 Å². The number of methoxy groups -OCH3 is 1. The van der Waals surface area contributed by atoms with Crippen LogP contribution in [-0.2, 0) is 14.2 Å². The number of aliphatic imine (C=N–C) groups is 1. The molecule has 1 aromatic carbocycles. The smallest absolute Gasteiger partial charge is 0.191 e. The molecule has 0 aromatic heterocycles. The molecule has 1 aliphatic rings. The van der Waals surface area contributed by atoms with E-state index in [0.29, 0.717) is 25.9 Å². The van der Waals surface area contributed by atoms with Crippen molar-refractivity contribution < 1.29 is 14.2 Å². The molecule has 1 aromatic rings. The Balaban J connectivity index is 1.82. The van der Waals surface area contributed by atoms with Crippen LogP contribution in [0.1, 0.15) is 23.6 Å². The number of morpholine rings is 1. The van der Waals surface area contributed by atoms with Crippen LogP contribution in [0.3, 0.4) is 0 Å². The fraction of sp³-hybridized carbons (Fsp3) is 0.667. The lowest BCUT2D eigenvalue weighted by atomic mass is 10.0. The van der Waals surface area contributed by atoms with Crippen molar-refractivity contribution in [2.24, 2.45) is 4.99 Å². The van der Waals surface area contributed by atoms with Gasteiger partial charge in [-0.05, 0) is 18.9 Å². The van der Waals surface area contributed by atoms with Gasteiger partial charge < -0.3 is 24.8 Å². The van der Waals surface area contributed by atoms with Crippen molar-refractivity contribution in [2.75, 3.05) is 73.4 Å². The van der Waals surface area contributed by atoms with Gasteiger partial charge >= 0.3 is 0 Å². The predicted octanol–water partition coefficient (Wildman–Crippen LogP) is 1.59. The van der Waals surface area contributed by atoms with Crippen molar-refractivity contribution in [3.05, 3.63) is 35.4 Å². The zero-order chi connectivity index (χ0) is 20.0. The van der Waals surface area contributed by atoms with Crippen molar-refractivity contribution >= 4 is 5.96 Å².